The number of methoxy groups -OCH3 is 1. The predicted octanol–water partition coefficient (Wildman–Crippen LogP) is 2.19. The highest BCUT2D eigenvalue weighted by molar-refractivity contribution is 5.86. The summed E-state index contributed by atoms with van der Waals surface area (Å²) in [5.74, 6) is 0.917. The molecule has 1 aromatic rings. The Kier molecular flexibility index (Phi) is 4.65. The number of amides is 1. The maximum absolute atomic E-state index is 12.5. The summed E-state index contributed by atoms with van der Waals surface area (Å²) < 4.78 is 5.31. The second kappa shape index (κ2) is 6.27. The number of nitrogens with zero attached hydrogens (tertiary/aromatic N) is 1. The zero-order valence-electron chi connectivity index (χ0n) is 12.6. The SMILES string of the molecule is COc1ccccc1CNC(=O)C1(C)CCCCN1C. The maximum Gasteiger partial charge on any atom is 0.240 e. The highest BCUT2D eigenvalue weighted by atomic mass is 16.5. The summed E-state index contributed by atoms with van der Waals surface area (Å²) in [6.07, 6.45) is 3.20. The fraction of sp³-hybridized carbons (Fsp3) is 0.562. The van der Waals surface area contributed by atoms with Gasteiger partial charge < -0.3 is 10.1 Å². The average Bonchev–Trinajstić information content (AvgIpc) is 2.48. The minimum absolute atomic E-state index is 0.102. The Hall–Kier alpha value is -1.55. The molecule has 0 aliphatic carbocycles. The average molecular weight is 276 g/mol. The van der Waals surface area contributed by atoms with Crippen molar-refractivity contribution in [2.24, 2.45) is 0 Å². The molecule has 1 amide bonds. The Morgan fingerprint density at radius 2 is 2.15 bits per heavy atom. The molecule has 2 rings (SSSR count). The van der Waals surface area contributed by atoms with Gasteiger partial charge in [-0.1, -0.05) is 18.2 Å². The minimum atomic E-state index is -0.389. The van der Waals surface area contributed by atoms with E-state index in [1.54, 1.807) is 7.11 Å². The van der Waals surface area contributed by atoms with Gasteiger partial charge in [-0.3, -0.25) is 9.69 Å². The van der Waals surface area contributed by atoms with Crippen molar-refractivity contribution in [3.05, 3.63) is 29.8 Å². The van der Waals surface area contributed by atoms with Crippen LogP contribution in [-0.2, 0) is 11.3 Å². The molecule has 0 saturated carbocycles. The number of rotatable bonds is 4. The van der Waals surface area contributed by atoms with Crippen LogP contribution in [0.25, 0.3) is 0 Å². The van der Waals surface area contributed by atoms with Crippen LogP contribution in [0, 0.1) is 0 Å². The first-order valence-corrected chi connectivity index (χ1v) is 7.19. The summed E-state index contributed by atoms with van der Waals surface area (Å²) in [7, 11) is 3.68. The fourth-order valence-electron chi connectivity index (χ4n) is 2.76. The van der Waals surface area contributed by atoms with Gasteiger partial charge in [0.2, 0.25) is 5.91 Å². The molecule has 20 heavy (non-hydrogen) atoms. The second-order valence-electron chi connectivity index (χ2n) is 5.65. The van der Waals surface area contributed by atoms with Crippen LogP contribution >= 0.6 is 0 Å². The normalized spacial score (nSPS) is 23.4. The van der Waals surface area contributed by atoms with E-state index in [4.69, 9.17) is 4.74 Å². The van der Waals surface area contributed by atoms with Crippen LogP contribution in [0.2, 0.25) is 0 Å². The van der Waals surface area contributed by atoms with Crippen molar-refractivity contribution >= 4 is 5.91 Å². The molecule has 0 spiro atoms. The Balaban J connectivity index is 2.01. The molecule has 0 radical (unpaired) electrons. The molecule has 1 unspecified atom stereocenters. The first-order valence-electron chi connectivity index (χ1n) is 7.19. The van der Waals surface area contributed by atoms with Crippen LogP contribution in [0.15, 0.2) is 24.3 Å². The molecule has 1 aliphatic heterocycles. The summed E-state index contributed by atoms with van der Waals surface area (Å²) in [6, 6.07) is 7.78. The zero-order chi connectivity index (χ0) is 14.6. The van der Waals surface area contributed by atoms with Gasteiger partial charge in [0.15, 0.2) is 0 Å². The molecule has 1 aliphatic rings. The molecule has 0 bridgehead atoms. The van der Waals surface area contributed by atoms with E-state index in [0.717, 1.165) is 30.7 Å². The van der Waals surface area contributed by atoms with Crippen LogP contribution in [0.3, 0.4) is 0 Å². The molecule has 0 aromatic heterocycles. The van der Waals surface area contributed by atoms with Gasteiger partial charge in [-0.25, -0.2) is 0 Å². The summed E-state index contributed by atoms with van der Waals surface area (Å²) >= 11 is 0. The predicted molar refractivity (Wildman–Crippen MR) is 79.7 cm³/mol. The number of carbonyl (C=O) groups excluding carboxylic acids is 1. The third-order valence-corrected chi connectivity index (χ3v) is 4.37. The van der Waals surface area contributed by atoms with E-state index in [1.807, 2.05) is 38.2 Å². The lowest BCUT2D eigenvalue weighted by molar-refractivity contribution is -0.133. The molecule has 1 saturated heterocycles. The van der Waals surface area contributed by atoms with Crippen molar-refractivity contribution in [3.63, 3.8) is 0 Å². The van der Waals surface area contributed by atoms with Gasteiger partial charge in [-0.2, -0.15) is 0 Å². The lowest BCUT2D eigenvalue weighted by Gasteiger charge is -2.41. The van der Waals surface area contributed by atoms with Gasteiger partial charge in [0, 0.05) is 12.1 Å². The number of carbonyl (C=O) groups is 1. The Bertz CT molecular complexity index is 475. The Morgan fingerprint density at radius 1 is 1.40 bits per heavy atom. The fourth-order valence-corrected chi connectivity index (χ4v) is 2.76. The monoisotopic (exact) mass is 276 g/mol. The standard InChI is InChI=1S/C16H24N2O2/c1-16(10-6-7-11-18(16)2)15(19)17-12-13-8-4-5-9-14(13)20-3/h4-5,8-9H,6-7,10-12H2,1-3H3,(H,17,19). The molecular formula is C16H24N2O2. The van der Waals surface area contributed by atoms with E-state index in [9.17, 15) is 4.79 Å². The van der Waals surface area contributed by atoms with Crippen LogP contribution in [0.5, 0.6) is 5.75 Å². The zero-order valence-corrected chi connectivity index (χ0v) is 12.6. The number of likely N-dealkylation sites (tertiary alicyclic amines) is 1. The first kappa shape index (κ1) is 14.9. The van der Waals surface area contributed by atoms with Crippen LogP contribution in [0.4, 0.5) is 0 Å². The van der Waals surface area contributed by atoms with E-state index in [0.29, 0.717) is 6.54 Å². The van der Waals surface area contributed by atoms with Crippen molar-refractivity contribution in [2.45, 2.75) is 38.3 Å². The van der Waals surface area contributed by atoms with Crippen molar-refractivity contribution in [1.29, 1.82) is 0 Å². The topological polar surface area (TPSA) is 41.6 Å². The quantitative estimate of drug-likeness (QED) is 0.916. The molecule has 1 fully saturated rings. The van der Waals surface area contributed by atoms with Gasteiger partial charge in [0.05, 0.1) is 12.6 Å². The van der Waals surface area contributed by atoms with Crippen molar-refractivity contribution in [2.75, 3.05) is 20.7 Å². The van der Waals surface area contributed by atoms with Gasteiger partial charge in [0.1, 0.15) is 5.75 Å². The molecule has 1 aromatic carbocycles. The second-order valence-corrected chi connectivity index (χ2v) is 5.65. The highest BCUT2D eigenvalue weighted by Crippen LogP contribution is 2.27. The van der Waals surface area contributed by atoms with E-state index < -0.39 is 0 Å². The molecule has 4 heteroatoms. The highest BCUT2D eigenvalue weighted by Gasteiger charge is 2.38. The number of benzene rings is 1. The molecule has 1 heterocycles. The van der Waals surface area contributed by atoms with E-state index >= 15 is 0 Å². The summed E-state index contributed by atoms with van der Waals surface area (Å²) in [5, 5.41) is 3.05. The van der Waals surface area contributed by atoms with E-state index in [-0.39, 0.29) is 11.4 Å². The van der Waals surface area contributed by atoms with E-state index in [1.165, 1.54) is 6.42 Å². The Morgan fingerprint density at radius 3 is 2.85 bits per heavy atom. The number of nitrogens with one attached hydrogen (secondary N) is 1. The number of likely N-dealkylation sites (N-methyl/N-ethyl adjacent to an activating group) is 1. The third kappa shape index (κ3) is 2.96. The number of para-hydroxylation sites is 1. The largest absolute Gasteiger partial charge is 0.496 e. The van der Waals surface area contributed by atoms with Crippen LogP contribution in [-0.4, -0.2) is 37.0 Å². The Labute approximate surface area is 121 Å². The van der Waals surface area contributed by atoms with Gasteiger partial charge >= 0.3 is 0 Å². The minimum Gasteiger partial charge on any atom is -0.496 e. The van der Waals surface area contributed by atoms with E-state index in [2.05, 4.69) is 10.2 Å². The molecule has 110 valence electrons. The third-order valence-electron chi connectivity index (χ3n) is 4.37. The smallest absolute Gasteiger partial charge is 0.240 e. The summed E-state index contributed by atoms with van der Waals surface area (Å²) in [5.41, 5.74) is 0.616. The van der Waals surface area contributed by atoms with Gasteiger partial charge in [-0.05, 0) is 45.8 Å². The number of ether oxygens (including phenoxy) is 1. The number of hydrogen-bond acceptors (Lipinski definition) is 3. The van der Waals surface area contributed by atoms with Gasteiger partial charge in [-0.15, -0.1) is 0 Å². The molecular weight excluding hydrogens is 252 g/mol. The molecule has 1 atom stereocenters. The van der Waals surface area contributed by atoms with Crippen molar-refractivity contribution in [1.82, 2.24) is 10.2 Å². The summed E-state index contributed by atoms with van der Waals surface area (Å²) in [4.78, 5) is 14.7. The first-order chi connectivity index (χ1) is 9.58. The number of piperidine rings is 1. The lowest BCUT2D eigenvalue weighted by Crippen LogP contribution is -2.57. The lowest BCUT2D eigenvalue weighted by atomic mass is 9.88. The maximum atomic E-state index is 12.5. The molecule has 4 nitrogen and oxygen atoms in total. The van der Waals surface area contributed by atoms with Gasteiger partial charge in [0.25, 0.3) is 0 Å². The van der Waals surface area contributed by atoms with Crippen molar-refractivity contribution in [3.8, 4) is 5.75 Å². The van der Waals surface area contributed by atoms with Crippen molar-refractivity contribution < 1.29 is 9.53 Å². The van der Waals surface area contributed by atoms with Crippen LogP contribution < -0.4 is 10.1 Å². The number of hydrogen-bond donors (Lipinski definition) is 1. The summed E-state index contributed by atoms with van der Waals surface area (Å²) in [6.45, 7) is 3.52. The van der Waals surface area contributed by atoms with Crippen LogP contribution in [0.1, 0.15) is 31.7 Å². The molecule has 1 N–H and O–H groups in total.